The Morgan fingerprint density at radius 1 is 1.39 bits per heavy atom. The Hall–Kier alpha value is -0.940. The van der Waals surface area contributed by atoms with Gasteiger partial charge in [-0.1, -0.05) is 6.92 Å². The van der Waals surface area contributed by atoms with Crippen LogP contribution in [0.1, 0.15) is 43.8 Å². The Morgan fingerprint density at radius 3 is 2.78 bits per heavy atom. The van der Waals surface area contributed by atoms with Gasteiger partial charge in [0.05, 0.1) is 6.54 Å². The summed E-state index contributed by atoms with van der Waals surface area (Å²) in [6, 6.07) is 0. The molecule has 1 aromatic heterocycles. The van der Waals surface area contributed by atoms with Gasteiger partial charge >= 0.3 is 0 Å². The Kier molecular flexibility index (Phi) is 2.90. The fourth-order valence-electron chi connectivity index (χ4n) is 2.84. The maximum Gasteiger partial charge on any atom is 0.146 e. The lowest BCUT2D eigenvalue weighted by Crippen LogP contribution is -2.31. The average molecular weight is 249 g/mol. The minimum Gasteiger partial charge on any atom is -0.330 e. The fourth-order valence-corrected chi connectivity index (χ4v) is 2.84. The summed E-state index contributed by atoms with van der Waals surface area (Å²) in [5.74, 6) is 2.94. The lowest BCUT2D eigenvalue weighted by atomic mass is 9.90. The van der Waals surface area contributed by atoms with E-state index >= 15 is 0 Å². The molecule has 2 N–H and O–H groups in total. The topological polar surface area (TPSA) is 60.0 Å². The van der Waals surface area contributed by atoms with Crippen molar-refractivity contribution in [1.29, 1.82) is 0 Å². The second-order valence-electron chi connectivity index (χ2n) is 6.28. The normalized spacial score (nSPS) is 29.1. The van der Waals surface area contributed by atoms with Crippen molar-refractivity contribution in [3.05, 3.63) is 11.6 Å². The van der Waals surface area contributed by atoms with E-state index < -0.39 is 0 Å². The first-order valence-electron chi connectivity index (χ1n) is 6.92. The van der Waals surface area contributed by atoms with Crippen molar-refractivity contribution in [2.75, 3.05) is 19.6 Å². The SMILES string of the molecule is Cn1c(CN2CCC(C)(CN)C2)nnc1C1CC1. The van der Waals surface area contributed by atoms with E-state index in [2.05, 4.69) is 33.6 Å². The van der Waals surface area contributed by atoms with Crippen LogP contribution in [-0.2, 0) is 13.6 Å². The van der Waals surface area contributed by atoms with Crippen LogP contribution in [0.5, 0.6) is 0 Å². The molecule has 5 nitrogen and oxygen atoms in total. The minimum atomic E-state index is 0.290. The molecular formula is C13H23N5. The maximum absolute atomic E-state index is 5.85. The standard InChI is InChI=1S/C13H23N5/c1-13(8-14)5-6-18(9-13)7-11-15-16-12(17(11)2)10-3-4-10/h10H,3-9,14H2,1-2H3. The van der Waals surface area contributed by atoms with Crippen molar-refractivity contribution in [2.24, 2.45) is 18.2 Å². The van der Waals surface area contributed by atoms with Gasteiger partial charge in [-0.05, 0) is 37.8 Å². The molecule has 100 valence electrons. The van der Waals surface area contributed by atoms with Crippen LogP contribution in [0, 0.1) is 5.41 Å². The van der Waals surface area contributed by atoms with E-state index in [0.29, 0.717) is 5.92 Å². The molecule has 1 saturated heterocycles. The van der Waals surface area contributed by atoms with Crippen LogP contribution in [0.15, 0.2) is 0 Å². The van der Waals surface area contributed by atoms with Crippen molar-refractivity contribution in [3.63, 3.8) is 0 Å². The summed E-state index contributed by atoms with van der Waals surface area (Å²) < 4.78 is 2.19. The van der Waals surface area contributed by atoms with E-state index in [-0.39, 0.29) is 5.41 Å². The van der Waals surface area contributed by atoms with E-state index in [4.69, 9.17) is 5.73 Å². The van der Waals surface area contributed by atoms with Crippen LogP contribution >= 0.6 is 0 Å². The van der Waals surface area contributed by atoms with E-state index in [1.807, 2.05) is 0 Å². The molecule has 2 fully saturated rings. The second kappa shape index (κ2) is 4.31. The Morgan fingerprint density at radius 2 is 2.17 bits per heavy atom. The number of aromatic nitrogens is 3. The summed E-state index contributed by atoms with van der Waals surface area (Å²) in [5.41, 5.74) is 6.14. The number of nitrogens with zero attached hydrogens (tertiary/aromatic N) is 4. The van der Waals surface area contributed by atoms with E-state index in [1.165, 1.54) is 25.1 Å². The van der Waals surface area contributed by atoms with Crippen LogP contribution in [0.3, 0.4) is 0 Å². The van der Waals surface area contributed by atoms with Gasteiger partial charge in [-0.25, -0.2) is 0 Å². The predicted octanol–water partition coefficient (Wildman–Crippen LogP) is 0.863. The first-order chi connectivity index (χ1) is 8.61. The molecule has 1 saturated carbocycles. The highest BCUT2D eigenvalue weighted by Crippen LogP contribution is 2.39. The lowest BCUT2D eigenvalue weighted by Gasteiger charge is -2.22. The van der Waals surface area contributed by atoms with Crippen molar-refractivity contribution in [3.8, 4) is 0 Å². The minimum absolute atomic E-state index is 0.290. The van der Waals surface area contributed by atoms with E-state index in [9.17, 15) is 0 Å². The summed E-state index contributed by atoms with van der Waals surface area (Å²) in [5, 5.41) is 8.69. The third kappa shape index (κ3) is 2.17. The zero-order valence-electron chi connectivity index (χ0n) is 11.4. The van der Waals surface area contributed by atoms with E-state index in [1.54, 1.807) is 0 Å². The number of hydrogen-bond acceptors (Lipinski definition) is 4. The smallest absolute Gasteiger partial charge is 0.146 e. The van der Waals surface area contributed by atoms with E-state index in [0.717, 1.165) is 32.0 Å². The van der Waals surface area contributed by atoms with Crippen LogP contribution in [0.4, 0.5) is 0 Å². The summed E-state index contributed by atoms with van der Waals surface area (Å²) in [6.45, 7) is 6.16. The molecule has 5 heteroatoms. The van der Waals surface area contributed by atoms with Crippen LogP contribution in [0.25, 0.3) is 0 Å². The third-order valence-electron chi connectivity index (χ3n) is 4.44. The van der Waals surface area contributed by atoms with Gasteiger partial charge in [0.25, 0.3) is 0 Å². The van der Waals surface area contributed by atoms with Gasteiger partial charge in [-0.15, -0.1) is 10.2 Å². The molecule has 18 heavy (non-hydrogen) atoms. The quantitative estimate of drug-likeness (QED) is 0.860. The molecule has 0 spiro atoms. The summed E-state index contributed by atoms with van der Waals surface area (Å²) in [7, 11) is 2.10. The molecule has 0 amide bonds. The third-order valence-corrected chi connectivity index (χ3v) is 4.44. The van der Waals surface area contributed by atoms with Gasteiger partial charge < -0.3 is 10.3 Å². The van der Waals surface area contributed by atoms with Crippen LogP contribution in [-0.4, -0.2) is 39.3 Å². The van der Waals surface area contributed by atoms with Gasteiger partial charge in [-0.3, -0.25) is 4.90 Å². The van der Waals surface area contributed by atoms with Gasteiger partial charge in [0.2, 0.25) is 0 Å². The average Bonchev–Trinajstić information content (AvgIpc) is 3.04. The second-order valence-corrected chi connectivity index (χ2v) is 6.28. The highest BCUT2D eigenvalue weighted by atomic mass is 15.3. The molecule has 0 bridgehead atoms. The highest BCUT2D eigenvalue weighted by molar-refractivity contribution is 5.08. The van der Waals surface area contributed by atoms with Gasteiger partial charge in [0.1, 0.15) is 11.6 Å². The molecule has 0 aromatic carbocycles. The monoisotopic (exact) mass is 249 g/mol. The molecule has 3 rings (SSSR count). The van der Waals surface area contributed by atoms with Gasteiger partial charge in [0, 0.05) is 19.5 Å². The van der Waals surface area contributed by atoms with Gasteiger partial charge in [-0.2, -0.15) is 0 Å². The molecule has 1 aliphatic heterocycles. The maximum atomic E-state index is 5.85. The van der Waals surface area contributed by atoms with Crippen molar-refractivity contribution in [1.82, 2.24) is 19.7 Å². The molecule has 2 heterocycles. The Labute approximate surface area is 108 Å². The first-order valence-corrected chi connectivity index (χ1v) is 6.92. The van der Waals surface area contributed by atoms with Crippen LogP contribution < -0.4 is 5.73 Å². The zero-order chi connectivity index (χ0) is 12.8. The number of rotatable bonds is 4. The number of hydrogen-bond donors (Lipinski definition) is 1. The molecule has 1 aromatic rings. The fraction of sp³-hybridized carbons (Fsp3) is 0.846. The molecule has 2 aliphatic rings. The van der Waals surface area contributed by atoms with Crippen molar-refractivity contribution in [2.45, 2.75) is 38.6 Å². The molecule has 1 unspecified atom stereocenters. The largest absolute Gasteiger partial charge is 0.330 e. The van der Waals surface area contributed by atoms with Crippen molar-refractivity contribution < 1.29 is 0 Å². The predicted molar refractivity (Wildman–Crippen MR) is 70.0 cm³/mol. The summed E-state index contributed by atoms with van der Waals surface area (Å²) in [6.07, 6.45) is 3.75. The van der Waals surface area contributed by atoms with Crippen molar-refractivity contribution >= 4 is 0 Å². The van der Waals surface area contributed by atoms with Gasteiger partial charge in [0.15, 0.2) is 0 Å². The number of likely N-dealkylation sites (tertiary alicyclic amines) is 1. The molecule has 0 radical (unpaired) electrons. The highest BCUT2D eigenvalue weighted by Gasteiger charge is 2.34. The molecular weight excluding hydrogens is 226 g/mol. The molecule has 1 atom stereocenters. The lowest BCUT2D eigenvalue weighted by molar-refractivity contribution is 0.267. The number of nitrogens with two attached hydrogens (primary N) is 1. The first kappa shape index (κ1) is 12.1. The Bertz CT molecular complexity index is 437. The van der Waals surface area contributed by atoms with Crippen LogP contribution in [0.2, 0.25) is 0 Å². The molecule has 1 aliphatic carbocycles. The summed E-state index contributed by atoms with van der Waals surface area (Å²) >= 11 is 0. The zero-order valence-corrected chi connectivity index (χ0v) is 11.4. The summed E-state index contributed by atoms with van der Waals surface area (Å²) in [4.78, 5) is 2.45. The Balaban J connectivity index is 1.66.